The molecule has 0 saturated carbocycles. The van der Waals surface area contributed by atoms with Gasteiger partial charge in [-0.15, -0.1) is 11.8 Å². The van der Waals surface area contributed by atoms with Crippen LogP contribution in [-0.4, -0.2) is 50.8 Å². The van der Waals surface area contributed by atoms with E-state index in [0.717, 1.165) is 0 Å². The SMILES string of the molecule is CC1(C)S[C@H]([C@@H](C(=O)NCC(=O)O)c2ccccc2)N[C@H]1C(=O)O. The molecule has 1 saturated heterocycles. The van der Waals surface area contributed by atoms with Crippen LogP contribution in [0.1, 0.15) is 25.3 Å². The van der Waals surface area contributed by atoms with E-state index in [1.165, 1.54) is 11.8 Å². The molecule has 1 aliphatic heterocycles. The third kappa shape index (κ3) is 4.07. The molecule has 0 radical (unpaired) electrons. The lowest BCUT2D eigenvalue weighted by atomic mass is 9.96. The molecule has 4 N–H and O–H groups in total. The van der Waals surface area contributed by atoms with Gasteiger partial charge < -0.3 is 15.5 Å². The summed E-state index contributed by atoms with van der Waals surface area (Å²) in [6, 6.07) is 8.13. The first-order valence-corrected chi connectivity index (χ1v) is 8.31. The summed E-state index contributed by atoms with van der Waals surface area (Å²) in [4.78, 5) is 34.7. The average Bonchev–Trinajstić information content (AvgIpc) is 2.82. The van der Waals surface area contributed by atoms with E-state index in [4.69, 9.17) is 5.11 Å². The van der Waals surface area contributed by atoms with Crippen molar-refractivity contribution in [2.24, 2.45) is 0 Å². The molecule has 0 aromatic heterocycles. The molecule has 3 atom stereocenters. The number of carbonyl (C=O) groups is 3. The maximum atomic E-state index is 12.5. The zero-order chi connectivity index (χ0) is 17.9. The lowest BCUT2D eigenvalue weighted by Crippen LogP contribution is -2.47. The van der Waals surface area contributed by atoms with Crippen molar-refractivity contribution in [1.29, 1.82) is 0 Å². The van der Waals surface area contributed by atoms with Gasteiger partial charge in [0.25, 0.3) is 0 Å². The van der Waals surface area contributed by atoms with Crippen molar-refractivity contribution in [3.05, 3.63) is 35.9 Å². The number of hydrogen-bond acceptors (Lipinski definition) is 5. The average molecular weight is 352 g/mol. The Morgan fingerprint density at radius 2 is 1.88 bits per heavy atom. The van der Waals surface area contributed by atoms with Gasteiger partial charge in [-0.2, -0.15) is 0 Å². The monoisotopic (exact) mass is 352 g/mol. The summed E-state index contributed by atoms with van der Waals surface area (Å²) < 4.78 is -0.601. The molecular formula is C16H20N2O5S. The fraction of sp³-hybridized carbons (Fsp3) is 0.438. The highest BCUT2D eigenvalue weighted by molar-refractivity contribution is 8.01. The van der Waals surface area contributed by atoms with E-state index in [1.54, 1.807) is 38.1 Å². The number of carboxylic acid groups (broad SMARTS) is 2. The Labute approximate surface area is 143 Å². The normalized spacial score (nSPS) is 23.4. The molecule has 1 amide bonds. The van der Waals surface area contributed by atoms with Gasteiger partial charge in [0.2, 0.25) is 5.91 Å². The van der Waals surface area contributed by atoms with Crippen molar-refractivity contribution in [2.75, 3.05) is 6.54 Å². The van der Waals surface area contributed by atoms with Crippen LogP contribution < -0.4 is 10.6 Å². The first-order chi connectivity index (χ1) is 11.2. The third-order valence-corrected chi connectivity index (χ3v) is 5.37. The molecule has 1 fully saturated rings. The number of aliphatic carboxylic acids is 2. The van der Waals surface area contributed by atoms with Gasteiger partial charge in [0.05, 0.1) is 11.3 Å². The van der Waals surface area contributed by atoms with E-state index in [0.29, 0.717) is 5.56 Å². The van der Waals surface area contributed by atoms with Crippen LogP contribution in [0.4, 0.5) is 0 Å². The lowest BCUT2D eigenvalue weighted by Gasteiger charge is -2.23. The molecule has 8 heteroatoms. The Balaban J connectivity index is 2.28. The molecular weight excluding hydrogens is 332 g/mol. The van der Waals surface area contributed by atoms with Crippen LogP contribution in [-0.2, 0) is 14.4 Å². The van der Waals surface area contributed by atoms with Gasteiger partial charge in [0.1, 0.15) is 12.6 Å². The zero-order valence-electron chi connectivity index (χ0n) is 13.4. The highest BCUT2D eigenvalue weighted by Gasteiger charge is 2.49. The van der Waals surface area contributed by atoms with Gasteiger partial charge in [0.15, 0.2) is 0 Å². The quantitative estimate of drug-likeness (QED) is 0.600. The van der Waals surface area contributed by atoms with E-state index in [1.807, 2.05) is 6.07 Å². The molecule has 1 heterocycles. The van der Waals surface area contributed by atoms with Crippen LogP contribution in [0.5, 0.6) is 0 Å². The van der Waals surface area contributed by atoms with Crippen LogP contribution in [0.3, 0.4) is 0 Å². The summed E-state index contributed by atoms with van der Waals surface area (Å²) in [6.07, 6.45) is 0. The predicted octanol–water partition coefficient (Wildman–Crippen LogP) is 0.865. The second-order valence-electron chi connectivity index (χ2n) is 6.08. The van der Waals surface area contributed by atoms with Crippen LogP contribution in [0.2, 0.25) is 0 Å². The Kier molecular flexibility index (Phi) is 5.51. The van der Waals surface area contributed by atoms with Gasteiger partial charge >= 0.3 is 11.9 Å². The van der Waals surface area contributed by atoms with E-state index >= 15 is 0 Å². The van der Waals surface area contributed by atoms with E-state index < -0.39 is 46.5 Å². The minimum Gasteiger partial charge on any atom is -0.480 e. The number of amides is 1. The highest BCUT2D eigenvalue weighted by atomic mass is 32.2. The van der Waals surface area contributed by atoms with Crippen molar-refractivity contribution < 1.29 is 24.6 Å². The molecule has 1 aliphatic rings. The zero-order valence-corrected chi connectivity index (χ0v) is 14.2. The molecule has 1 aromatic carbocycles. The number of nitrogens with one attached hydrogen (secondary N) is 2. The summed E-state index contributed by atoms with van der Waals surface area (Å²) >= 11 is 1.37. The predicted molar refractivity (Wildman–Crippen MR) is 89.8 cm³/mol. The second-order valence-corrected chi connectivity index (χ2v) is 7.88. The van der Waals surface area contributed by atoms with Gasteiger partial charge in [-0.3, -0.25) is 19.7 Å². The number of benzene rings is 1. The minimum absolute atomic E-state index is 0.449. The summed E-state index contributed by atoms with van der Waals surface area (Å²) in [5.41, 5.74) is 0.701. The largest absolute Gasteiger partial charge is 0.480 e. The molecule has 0 aliphatic carbocycles. The standard InChI is InChI=1S/C16H20N2O5S/c1-16(2)12(15(22)23)18-14(24-16)11(9-6-4-3-5-7-9)13(21)17-8-10(19)20/h3-7,11-12,14,18H,8H2,1-2H3,(H,17,21)(H,19,20)(H,22,23)/t11-,12+,14-/m1/s1. The van der Waals surface area contributed by atoms with Crippen molar-refractivity contribution in [1.82, 2.24) is 10.6 Å². The third-order valence-electron chi connectivity index (χ3n) is 3.86. The topological polar surface area (TPSA) is 116 Å². The van der Waals surface area contributed by atoms with E-state index in [-0.39, 0.29) is 0 Å². The first kappa shape index (κ1) is 18.3. The lowest BCUT2D eigenvalue weighted by molar-refractivity contribution is -0.140. The Morgan fingerprint density at radius 1 is 1.25 bits per heavy atom. The van der Waals surface area contributed by atoms with Gasteiger partial charge in [0, 0.05) is 4.75 Å². The number of thioether (sulfide) groups is 1. The number of carbonyl (C=O) groups excluding carboxylic acids is 1. The number of rotatable bonds is 6. The Bertz CT molecular complexity index is 635. The van der Waals surface area contributed by atoms with Gasteiger partial charge in [-0.1, -0.05) is 30.3 Å². The van der Waals surface area contributed by atoms with Crippen LogP contribution >= 0.6 is 11.8 Å². The summed E-state index contributed by atoms with van der Waals surface area (Å²) in [7, 11) is 0. The van der Waals surface area contributed by atoms with E-state index in [2.05, 4.69) is 10.6 Å². The smallest absolute Gasteiger partial charge is 0.322 e. The van der Waals surface area contributed by atoms with Crippen LogP contribution in [0, 0.1) is 0 Å². The Morgan fingerprint density at radius 3 is 2.38 bits per heavy atom. The van der Waals surface area contributed by atoms with Crippen molar-refractivity contribution in [2.45, 2.75) is 35.9 Å². The molecule has 7 nitrogen and oxygen atoms in total. The molecule has 0 spiro atoms. The second kappa shape index (κ2) is 7.23. The summed E-state index contributed by atoms with van der Waals surface area (Å²) in [5.74, 6) is -3.26. The van der Waals surface area contributed by atoms with Crippen molar-refractivity contribution >= 4 is 29.6 Å². The first-order valence-electron chi connectivity index (χ1n) is 7.43. The minimum atomic E-state index is -1.13. The van der Waals surface area contributed by atoms with Crippen molar-refractivity contribution in [3.63, 3.8) is 0 Å². The van der Waals surface area contributed by atoms with Crippen LogP contribution in [0.15, 0.2) is 30.3 Å². The fourth-order valence-corrected chi connectivity index (χ4v) is 4.30. The maximum absolute atomic E-state index is 12.5. The molecule has 130 valence electrons. The molecule has 1 aromatic rings. The van der Waals surface area contributed by atoms with E-state index in [9.17, 15) is 19.5 Å². The van der Waals surface area contributed by atoms with Gasteiger partial charge in [-0.05, 0) is 19.4 Å². The molecule has 2 rings (SSSR count). The summed E-state index contributed by atoms with van der Waals surface area (Å²) in [5, 5.41) is 23.1. The number of hydrogen-bond donors (Lipinski definition) is 4. The molecule has 0 unspecified atom stereocenters. The number of carboxylic acids is 2. The summed E-state index contributed by atoms with van der Waals surface area (Å²) in [6.45, 7) is 3.13. The fourth-order valence-electron chi connectivity index (χ4n) is 2.72. The van der Waals surface area contributed by atoms with Crippen molar-refractivity contribution in [3.8, 4) is 0 Å². The highest BCUT2D eigenvalue weighted by Crippen LogP contribution is 2.43. The Hall–Kier alpha value is -2.06. The van der Waals surface area contributed by atoms with Crippen LogP contribution in [0.25, 0.3) is 0 Å². The molecule has 0 bridgehead atoms. The maximum Gasteiger partial charge on any atom is 0.322 e. The van der Waals surface area contributed by atoms with Gasteiger partial charge in [-0.25, -0.2) is 0 Å². The molecule has 24 heavy (non-hydrogen) atoms.